The van der Waals surface area contributed by atoms with E-state index in [1.54, 1.807) is 45.9 Å². The van der Waals surface area contributed by atoms with Gasteiger partial charge in [-0.2, -0.15) is 0 Å². The highest BCUT2D eigenvalue weighted by molar-refractivity contribution is 7.51. The zero-order chi connectivity index (χ0) is 30.6. The van der Waals surface area contributed by atoms with Gasteiger partial charge < -0.3 is 30.4 Å². The van der Waals surface area contributed by atoms with Crippen molar-refractivity contribution < 1.29 is 48.8 Å². The first-order valence-corrected chi connectivity index (χ1v) is 15.0. The average molecular weight is 602 g/mol. The van der Waals surface area contributed by atoms with Crippen LogP contribution in [0.5, 0.6) is 0 Å². The van der Waals surface area contributed by atoms with E-state index in [2.05, 4.69) is 5.32 Å². The smallest absolute Gasteiger partial charge is 0.339 e. The molecule has 41 heavy (non-hydrogen) atoms. The molecule has 1 aliphatic rings. The van der Waals surface area contributed by atoms with Crippen LogP contribution in [-0.2, 0) is 23.7 Å². The second kappa shape index (κ2) is 16.5. The highest BCUT2D eigenvalue weighted by atomic mass is 31.2. The Labute approximate surface area is 238 Å². The largest absolute Gasteiger partial charge is 0.480 e. The number of carboxylic acids is 3. The summed E-state index contributed by atoms with van der Waals surface area (Å²) in [6.07, 6.45) is -0.553. The maximum Gasteiger partial charge on any atom is 0.339 e. The molecule has 0 aliphatic carbocycles. The van der Waals surface area contributed by atoms with Gasteiger partial charge in [0.05, 0.1) is 19.0 Å². The molecule has 1 aromatic carbocycles. The minimum atomic E-state index is -4.42. The van der Waals surface area contributed by atoms with Gasteiger partial charge in [0, 0.05) is 58.9 Å². The Morgan fingerprint density at radius 3 is 1.63 bits per heavy atom. The molecule has 0 unspecified atom stereocenters. The third kappa shape index (κ3) is 13.5. The second-order valence-electron chi connectivity index (χ2n) is 10.1. The molecule has 1 heterocycles. The van der Waals surface area contributed by atoms with E-state index < -0.39 is 49.7 Å². The number of carbonyl (C=O) groups excluding carboxylic acids is 1. The minimum absolute atomic E-state index is 0.102. The number of aliphatic carboxylic acids is 3. The molecule has 0 bridgehead atoms. The van der Waals surface area contributed by atoms with Crippen LogP contribution >= 0.6 is 7.60 Å². The van der Waals surface area contributed by atoms with Crippen LogP contribution in [-0.4, -0.2) is 153 Å². The summed E-state index contributed by atoms with van der Waals surface area (Å²) < 4.78 is 11.6. The molecule has 0 spiro atoms. The van der Waals surface area contributed by atoms with Crippen molar-refractivity contribution in [2.45, 2.75) is 18.9 Å². The normalized spacial score (nSPS) is 18.9. The fourth-order valence-corrected chi connectivity index (χ4v) is 5.30. The van der Waals surface area contributed by atoms with E-state index in [9.17, 15) is 48.8 Å². The van der Waals surface area contributed by atoms with Crippen molar-refractivity contribution in [1.82, 2.24) is 24.9 Å². The molecular formula is C25H40N5O10P. The van der Waals surface area contributed by atoms with Crippen molar-refractivity contribution in [3.05, 3.63) is 35.9 Å². The first-order chi connectivity index (χ1) is 19.2. The third-order valence-corrected chi connectivity index (χ3v) is 7.55. The number of hydrogen-bond donors (Lipinski definition) is 6. The lowest BCUT2D eigenvalue weighted by Crippen LogP contribution is -2.53. The van der Waals surface area contributed by atoms with Gasteiger partial charge >= 0.3 is 25.5 Å². The lowest BCUT2D eigenvalue weighted by Gasteiger charge is -2.34. The van der Waals surface area contributed by atoms with Crippen molar-refractivity contribution in [3.63, 3.8) is 0 Å². The average Bonchev–Trinajstić information content (AvgIpc) is 2.88. The summed E-state index contributed by atoms with van der Waals surface area (Å²) in [5, 5.41) is 31.2. The summed E-state index contributed by atoms with van der Waals surface area (Å²) >= 11 is 0. The predicted octanol–water partition coefficient (Wildman–Crippen LogP) is -1.11. The van der Waals surface area contributed by atoms with Crippen LogP contribution in [0.1, 0.15) is 18.4 Å². The molecule has 230 valence electrons. The Morgan fingerprint density at radius 2 is 1.22 bits per heavy atom. The monoisotopic (exact) mass is 601 g/mol. The fourth-order valence-electron chi connectivity index (χ4n) is 4.50. The number of carbonyl (C=O) groups is 4. The minimum Gasteiger partial charge on any atom is -0.480 e. The molecule has 15 nitrogen and oxygen atoms in total. The Bertz CT molecular complexity index is 1040. The van der Waals surface area contributed by atoms with E-state index >= 15 is 0 Å². The Balaban J connectivity index is 2.21. The van der Waals surface area contributed by atoms with Crippen molar-refractivity contribution in [1.29, 1.82) is 0 Å². The number of nitrogens with one attached hydrogen (secondary N) is 1. The molecule has 1 amide bonds. The van der Waals surface area contributed by atoms with Crippen LogP contribution in [0.4, 0.5) is 0 Å². The van der Waals surface area contributed by atoms with Crippen molar-refractivity contribution in [2.75, 3.05) is 78.3 Å². The van der Waals surface area contributed by atoms with Crippen LogP contribution < -0.4 is 5.32 Å². The number of nitrogens with zero attached hydrogens (tertiary/aromatic N) is 4. The zero-order valence-corrected chi connectivity index (χ0v) is 23.9. The Morgan fingerprint density at radius 1 is 0.780 bits per heavy atom. The van der Waals surface area contributed by atoms with Gasteiger partial charge in [0.15, 0.2) is 0 Å². The highest BCUT2D eigenvalue weighted by Crippen LogP contribution is 2.34. The second-order valence-corrected chi connectivity index (χ2v) is 11.7. The number of carboxylic acid groups (broad SMARTS) is 3. The summed E-state index contributed by atoms with van der Waals surface area (Å²) in [5.74, 6) is -4.50. The lowest BCUT2D eigenvalue weighted by molar-refractivity contribution is -0.142. The van der Waals surface area contributed by atoms with Gasteiger partial charge in [-0.3, -0.25) is 38.5 Å². The van der Waals surface area contributed by atoms with Gasteiger partial charge in [-0.15, -0.1) is 0 Å². The van der Waals surface area contributed by atoms with Gasteiger partial charge in [0.2, 0.25) is 5.91 Å². The first-order valence-electron chi connectivity index (χ1n) is 13.2. The molecule has 1 aromatic rings. The van der Waals surface area contributed by atoms with Crippen molar-refractivity contribution in [3.8, 4) is 0 Å². The van der Waals surface area contributed by atoms with Crippen molar-refractivity contribution >= 4 is 31.4 Å². The number of benzene rings is 1. The SMILES string of the molecule is C[C@H](C(=O)N[C@@H](CN1CCN(CC(=O)O)CCN(CP(=O)(O)O)CCN(CC(=O)O)CC1)C(=O)O)c1ccccc1. The summed E-state index contributed by atoms with van der Waals surface area (Å²) in [4.78, 5) is 73.3. The van der Waals surface area contributed by atoms with Gasteiger partial charge in [0.1, 0.15) is 12.3 Å². The Kier molecular flexibility index (Phi) is 13.8. The molecule has 2 atom stereocenters. The molecule has 0 saturated carbocycles. The van der Waals surface area contributed by atoms with Crippen LogP contribution in [0, 0.1) is 0 Å². The number of rotatable bonds is 12. The highest BCUT2D eigenvalue weighted by Gasteiger charge is 2.28. The Hall–Kier alpha value is -2.91. The van der Waals surface area contributed by atoms with E-state index in [0.717, 1.165) is 5.56 Å². The van der Waals surface area contributed by atoms with Gasteiger partial charge in [-0.25, -0.2) is 4.79 Å². The summed E-state index contributed by atoms with van der Waals surface area (Å²) in [7, 11) is -4.42. The van der Waals surface area contributed by atoms with Crippen LogP contribution in [0.25, 0.3) is 0 Å². The molecule has 0 aromatic heterocycles. The standard InChI is InChI=1S/C25H40N5O10P/c1-19(20-5-3-2-4-6-20)24(35)26-21(25(36)37)15-27-7-9-28(16-22(31)32)11-13-30(18-41(38,39)40)14-12-29(10-8-27)17-23(33)34/h2-6,19,21H,7-18H2,1H3,(H,26,35)(H,31,32)(H,33,34)(H,36,37)(H2,38,39,40)/t19-,21-/m0/s1. The molecule has 0 radical (unpaired) electrons. The van der Waals surface area contributed by atoms with Crippen LogP contribution in [0.3, 0.4) is 0 Å². The van der Waals surface area contributed by atoms with Gasteiger partial charge in [0.25, 0.3) is 0 Å². The molecule has 1 fully saturated rings. The quantitative estimate of drug-likeness (QED) is 0.157. The first kappa shape index (κ1) is 34.3. The summed E-state index contributed by atoms with van der Waals surface area (Å²) in [5.41, 5.74) is 0.724. The maximum absolute atomic E-state index is 12.9. The fraction of sp³-hybridized carbons (Fsp3) is 0.600. The molecule has 2 rings (SSSR count). The van der Waals surface area contributed by atoms with E-state index in [1.807, 2.05) is 6.07 Å². The van der Waals surface area contributed by atoms with E-state index in [0.29, 0.717) is 0 Å². The van der Waals surface area contributed by atoms with E-state index in [4.69, 9.17) is 0 Å². The van der Waals surface area contributed by atoms with Crippen LogP contribution in [0.15, 0.2) is 30.3 Å². The summed E-state index contributed by atoms with van der Waals surface area (Å²) in [6.45, 7) is 2.27. The lowest BCUT2D eigenvalue weighted by atomic mass is 10.00. The summed E-state index contributed by atoms with van der Waals surface area (Å²) in [6, 6.07) is 7.63. The van der Waals surface area contributed by atoms with Crippen molar-refractivity contribution in [2.24, 2.45) is 0 Å². The third-order valence-electron chi connectivity index (χ3n) is 6.78. The zero-order valence-electron chi connectivity index (χ0n) is 23.0. The topological polar surface area (TPSA) is 211 Å². The molecule has 1 saturated heterocycles. The molecule has 1 aliphatic heterocycles. The van der Waals surface area contributed by atoms with Crippen LogP contribution in [0.2, 0.25) is 0 Å². The van der Waals surface area contributed by atoms with Gasteiger partial charge in [-0.05, 0) is 12.5 Å². The van der Waals surface area contributed by atoms with Gasteiger partial charge in [-0.1, -0.05) is 30.3 Å². The predicted molar refractivity (Wildman–Crippen MR) is 147 cm³/mol. The molecular weight excluding hydrogens is 561 g/mol. The van der Waals surface area contributed by atoms with E-state index in [-0.39, 0.29) is 72.0 Å². The number of amides is 1. The number of hydrogen-bond acceptors (Lipinski definition) is 9. The van der Waals surface area contributed by atoms with E-state index in [1.165, 1.54) is 4.90 Å². The maximum atomic E-state index is 12.9. The molecule has 16 heteroatoms. The molecule has 6 N–H and O–H groups in total.